The van der Waals surface area contributed by atoms with Crippen molar-refractivity contribution in [2.45, 2.75) is 180 Å². The fourth-order valence-electron chi connectivity index (χ4n) is 4.48. The van der Waals surface area contributed by atoms with Gasteiger partial charge in [0.25, 0.3) is 10.1 Å². The Hall–Kier alpha value is 1.48. The maximum atomic E-state index is 14.1. The van der Waals surface area contributed by atoms with Crippen molar-refractivity contribution in [3.05, 3.63) is 0 Å². The topological polar surface area (TPSA) is 43.4 Å². The van der Waals surface area contributed by atoms with Crippen LogP contribution in [0.15, 0.2) is 0 Å². The first kappa shape index (κ1) is 38.6. The third-order valence-corrected chi connectivity index (χ3v) is 8.20. The summed E-state index contributed by atoms with van der Waals surface area (Å²) in [5.74, 6) is 0. The van der Waals surface area contributed by atoms with E-state index in [0.717, 1.165) is 25.7 Å². The molecule has 6 heteroatoms. The third-order valence-electron chi connectivity index (χ3n) is 6.84. The second kappa shape index (κ2) is 30.0. The molecule has 0 aromatic carbocycles. The van der Waals surface area contributed by atoms with Crippen molar-refractivity contribution >= 4 is 61.5 Å². The summed E-state index contributed by atoms with van der Waals surface area (Å²) in [5.41, 5.74) is -1.87. The number of hydrogen-bond acceptors (Lipinski definition) is 3. The van der Waals surface area contributed by atoms with Crippen LogP contribution in [0.25, 0.3) is 0 Å². The van der Waals surface area contributed by atoms with Crippen LogP contribution in [0.2, 0.25) is 0 Å². The molecule has 0 aliphatic heterocycles. The Morgan fingerprint density at radius 3 is 1.14 bits per heavy atom. The zero-order valence-corrected chi connectivity index (χ0v) is 23.8. The van der Waals surface area contributed by atoms with Gasteiger partial charge in [0.2, 0.25) is 5.50 Å². The molecule has 0 N–H and O–H groups in total. The van der Waals surface area contributed by atoms with Gasteiger partial charge < -0.3 is 0 Å². The van der Waals surface area contributed by atoms with Gasteiger partial charge in [-0.15, -0.1) is 0 Å². The Bertz CT molecular complexity index is 502. The Morgan fingerprint density at radius 2 is 0.800 bits per heavy atom. The average Bonchev–Trinajstić information content (AvgIpc) is 2.82. The molecule has 0 aliphatic carbocycles. The second-order valence-corrected chi connectivity index (χ2v) is 12.0. The molecule has 0 spiro atoms. The summed E-state index contributed by atoms with van der Waals surface area (Å²) in [5, 5.41) is 0. The van der Waals surface area contributed by atoms with Gasteiger partial charge in [0.05, 0.1) is 6.61 Å². The van der Waals surface area contributed by atoms with Crippen LogP contribution >= 0.6 is 0 Å². The summed E-state index contributed by atoms with van der Waals surface area (Å²) in [6.07, 6.45) is 29.2. The van der Waals surface area contributed by atoms with Gasteiger partial charge in [-0.2, -0.15) is 8.42 Å². The van der Waals surface area contributed by atoms with Gasteiger partial charge in [0.1, 0.15) is 0 Å². The minimum absolute atomic E-state index is 0. The Morgan fingerprint density at radius 1 is 0.514 bits per heavy atom. The van der Waals surface area contributed by atoms with Crippen molar-refractivity contribution < 1.29 is 17.0 Å². The normalized spacial score (nSPS) is 12.5. The molecule has 0 aromatic heterocycles. The van der Waals surface area contributed by atoms with Gasteiger partial charge in [-0.25, -0.2) is 4.39 Å². The van der Waals surface area contributed by atoms with Gasteiger partial charge in [-0.05, 0) is 19.3 Å². The van der Waals surface area contributed by atoms with E-state index in [9.17, 15) is 12.8 Å². The van der Waals surface area contributed by atoms with E-state index >= 15 is 0 Å². The number of hydrogen-bond donors (Lipinski definition) is 0. The van der Waals surface area contributed by atoms with Crippen LogP contribution in [0.1, 0.15) is 174 Å². The van der Waals surface area contributed by atoms with Crippen LogP contribution in [-0.4, -0.2) is 71.9 Å². The Balaban J connectivity index is 0. The molecule has 208 valence electrons. The van der Waals surface area contributed by atoms with Crippen molar-refractivity contribution in [3.63, 3.8) is 0 Å². The first-order chi connectivity index (χ1) is 16.5. The molecule has 0 rings (SSSR count). The summed E-state index contributed by atoms with van der Waals surface area (Å²) in [7, 11) is -4.05. The van der Waals surface area contributed by atoms with Gasteiger partial charge in [0, 0.05) is 0 Å². The summed E-state index contributed by atoms with van der Waals surface area (Å²) in [6.45, 7) is 4.59. The zero-order chi connectivity index (χ0) is 25.2. The van der Waals surface area contributed by atoms with E-state index in [1.54, 1.807) is 0 Å². The van der Waals surface area contributed by atoms with Crippen molar-refractivity contribution in [1.82, 2.24) is 0 Å². The molecule has 0 fully saturated rings. The van der Waals surface area contributed by atoms with E-state index in [1.165, 1.54) is 116 Å². The number of alkyl halides is 1. The molecule has 0 saturated heterocycles. The molecule has 1 atom stereocenters. The van der Waals surface area contributed by atoms with E-state index in [0.29, 0.717) is 12.8 Å². The Kier molecular flexibility index (Phi) is 33.1. The zero-order valence-electron chi connectivity index (χ0n) is 23.0. The van der Waals surface area contributed by atoms with Gasteiger partial charge in [0.15, 0.2) is 0 Å². The second-order valence-electron chi connectivity index (χ2n) is 10.3. The maximum absolute atomic E-state index is 14.1. The average molecular weight is 547 g/mol. The first-order valence-corrected chi connectivity index (χ1v) is 16.5. The molecule has 0 saturated carbocycles. The molecular weight excluding hydrogens is 486 g/mol. The molecular formula is C29H60FKO3S. The third kappa shape index (κ3) is 28.3. The van der Waals surface area contributed by atoms with E-state index in [-0.39, 0.29) is 64.4 Å². The van der Waals surface area contributed by atoms with E-state index in [2.05, 4.69) is 13.8 Å². The van der Waals surface area contributed by atoms with E-state index in [4.69, 9.17) is 4.18 Å². The molecule has 0 bridgehead atoms. The van der Waals surface area contributed by atoms with Gasteiger partial charge in [-0.1, -0.05) is 155 Å². The standard InChI is InChI=1S/C29H59FO3S.K.H/c1-3-5-7-9-11-13-14-15-16-17-18-19-20-22-24-26-28-33-34(31,32)29(30)27-25-23-21-12-10-8-6-4-2;;/h29H,3-28H2,1-2H3;;. The van der Waals surface area contributed by atoms with Gasteiger partial charge in [-0.3, -0.25) is 4.18 Å². The summed E-state index contributed by atoms with van der Waals surface area (Å²) in [6, 6.07) is 0. The fraction of sp³-hybridized carbons (Fsp3) is 1.00. The monoisotopic (exact) mass is 546 g/mol. The number of unbranched alkanes of at least 4 members (excludes halogenated alkanes) is 22. The van der Waals surface area contributed by atoms with E-state index < -0.39 is 15.6 Å². The molecule has 0 aliphatic rings. The number of halogens is 1. The summed E-state index contributed by atoms with van der Waals surface area (Å²) >= 11 is 0. The molecule has 0 amide bonds. The van der Waals surface area contributed by atoms with Crippen LogP contribution in [0.3, 0.4) is 0 Å². The van der Waals surface area contributed by atoms with Crippen LogP contribution in [-0.2, 0) is 14.3 Å². The SMILES string of the molecule is CCCCCCCCCCCCCCCCCCOS(=O)(=O)C(F)CCCCCCCCCC.[KH]. The van der Waals surface area contributed by atoms with Crippen LogP contribution in [0, 0.1) is 0 Å². The van der Waals surface area contributed by atoms with Crippen LogP contribution in [0.4, 0.5) is 4.39 Å². The summed E-state index contributed by atoms with van der Waals surface area (Å²) < 4.78 is 42.8. The van der Waals surface area contributed by atoms with Gasteiger partial charge >= 0.3 is 51.4 Å². The Labute approximate surface area is 262 Å². The molecule has 1 unspecified atom stereocenters. The van der Waals surface area contributed by atoms with E-state index in [1.807, 2.05) is 0 Å². The fourth-order valence-corrected chi connectivity index (χ4v) is 5.44. The minimum atomic E-state index is -4.05. The van der Waals surface area contributed by atoms with Crippen molar-refractivity contribution in [2.75, 3.05) is 6.61 Å². The molecule has 0 radical (unpaired) electrons. The molecule has 35 heavy (non-hydrogen) atoms. The van der Waals surface area contributed by atoms with Crippen LogP contribution in [0.5, 0.6) is 0 Å². The molecule has 3 nitrogen and oxygen atoms in total. The molecule has 0 heterocycles. The predicted molar refractivity (Wildman–Crippen MR) is 154 cm³/mol. The molecule has 0 aromatic rings. The number of rotatable bonds is 28. The quantitative estimate of drug-likeness (QED) is 0.0557. The predicted octanol–water partition coefficient (Wildman–Crippen LogP) is 9.77. The van der Waals surface area contributed by atoms with Crippen molar-refractivity contribution in [2.24, 2.45) is 0 Å². The van der Waals surface area contributed by atoms with Crippen molar-refractivity contribution in [1.29, 1.82) is 0 Å². The van der Waals surface area contributed by atoms with Crippen molar-refractivity contribution in [3.8, 4) is 0 Å². The van der Waals surface area contributed by atoms with Crippen LogP contribution < -0.4 is 0 Å². The summed E-state index contributed by atoms with van der Waals surface area (Å²) in [4.78, 5) is 0. The first-order valence-electron chi connectivity index (χ1n) is 15.1.